The highest BCUT2D eigenvalue weighted by atomic mass is 35.5. The van der Waals surface area contributed by atoms with E-state index in [1.54, 1.807) is 60.7 Å². The van der Waals surface area contributed by atoms with Gasteiger partial charge in [0.1, 0.15) is 5.69 Å². The Kier molecular flexibility index (Phi) is 4.57. The van der Waals surface area contributed by atoms with Crippen molar-refractivity contribution in [2.24, 2.45) is 0 Å². The quantitative estimate of drug-likeness (QED) is 0.442. The summed E-state index contributed by atoms with van der Waals surface area (Å²) in [6, 6.07) is 21.7. The van der Waals surface area contributed by atoms with E-state index in [1.807, 2.05) is 13.0 Å². The highest BCUT2D eigenvalue weighted by molar-refractivity contribution is 7.90. The van der Waals surface area contributed by atoms with Crippen molar-refractivity contribution in [1.29, 1.82) is 0 Å². The van der Waals surface area contributed by atoms with Gasteiger partial charge >= 0.3 is 0 Å². The molecule has 3 aromatic carbocycles. The van der Waals surface area contributed by atoms with Crippen molar-refractivity contribution in [3.8, 4) is 0 Å². The third-order valence-electron chi connectivity index (χ3n) is 4.52. The third-order valence-corrected chi connectivity index (χ3v) is 6.49. The molecule has 0 spiro atoms. The number of halogens is 1. The molecule has 0 aliphatic carbocycles. The molecule has 4 rings (SSSR count). The van der Waals surface area contributed by atoms with Crippen molar-refractivity contribution in [2.45, 2.75) is 11.8 Å². The molecular weight excluding hydrogens is 394 g/mol. The molecule has 0 saturated carbocycles. The summed E-state index contributed by atoms with van der Waals surface area (Å²) in [6.45, 7) is 1.88. The summed E-state index contributed by atoms with van der Waals surface area (Å²) in [7, 11) is -4.00. The van der Waals surface area contributed by atoms with E-state index in [-0.39, 0.29) is 16.4 Å². The van der Waals surface area contributed by atoms with Gasteiger partial charge in [-0.25, -0.2) is 12.4 Å². The molecule has 0 aliphatic rings. The Hall–Kier alpha value is -2.89. The number of nitrogens with zero attached hydrogens (tertiary/aromatic N) is 1. The Morgan fingerprint density at radius 1 is 0.893 bits per heavy atom. The Bertz CT molecular complexity index is 1310. The number of fused-ring (bicyclic) bond motifs is 1. The molecule has 0 fully saturated rings. The first kappa shape index (κ1) is 18.5. The van der Waals surface area contributed by atoms with Crippen molar-refractivity contribution in [3.05, 3.63) is 101 Å². The monoisotopic (exact) mass is 409 g/mol. The van der Waals surface area contributed by atoms with E-state index < -0.39 is 10.0 Å². The molecule has 28 heavy (non-hydrogen) atoms. The first-order valence-electron chi connectivity index (χ1n) is 8.61. The number of rotatable bonds is 4. The van der Waals surface area contributed by atoms with E-state index in [4.69, 9.17) is 11.6 Å². The molecular formula is C22H16ClNO3S. The minimum absolute atomic E-state index is 0.0757. The van der Waals surface area contributed by atoms with Crippen LogP contribution in [0, 0.1) is 6.92 Å². The van der Waals surface area contributed by atoms with Crippen molar-refractivity contribution < 1.29 is 13.2 Å². The van der Waals surface area contributed by atoms with E-state index >= 15 is 0 Å². The number of aromatic nitrogens is 1. The van der Waals surface area contributed by atoms with E-state index in [0.29, 0.717) is 21.5 Å². The number of ketones is 1. The highest BCUT2D eigenvalue weighted by Crippen LogP contribution is 2.29. The molecule has 4 nitrogen and oxygen atoms in total. The number of carbonyl (C=O) groups excluding carboxylic acids is 1. The van der Waals surface area contributed by atoms with Gasteiger partial charge in [0, 0.05) is 16.0 Å². The summed E-state index contributed by atoms with van der Waals surface area (Å²) < 4.78 is 27.9. The first-order chi connectivity index (χ1) is 13.4. The van der Waals surface area contributed by atoms with Crippen LogP contribution in [0.2, 0.25) is 5.02 Å². The third kappa shape index (κ3) is 3.13. The van der Waals surface area contributed by atoms with Gasteiger partial charge in [0.2, 0.25) is 5.78 Å². The van der Waals surface area contributed by atoms with E-state index in [0.717, 1.165) is 9.54 Å². The van der Waals surface area contributed by atoms with Crippen LogP contribution < -0.4 is 0 Å². The van der Waals surface area contributed by atoms with Gasteiger partial charge in [-0.05, 0) is 43.3 Å². The lowest BCUT2D eigenvalue weighted by Crippen LogP contribution is -2.19. The minimum Gasteiger partial charge on any atom is -0.287 e. The molecule has 0 atom stereocenters. The molecule has 1 heterocycles. The van der Waals surface area contributed by atoms with E-state index in [2.05, 4.69) is 0 Å². The molecule has 6 heteroatoms. The van der Waals surface area contributed by atoms with Crippen LogP contribution in [0.5, 0.6) is 0 Å². The second kappa shape index (κ2) is 6.93. The highest BCUT2D eigenvalue weighted by Gasteiger charge is 2.27. The largest absolute Gasteiger partial charge is 0.287 e. The lowest BCUT2D eigenvalue weighted by molar-refractivity contribution is 0.103. The number of benzene rings is 3. The molecule has 0 saturated heterocycles. The van der Waals surface area contributed by atoms with Gasteiger partial charge in [-0.2, -0.15) is 0 Å². The normalized spacial score (nSPS) is 11.6. The van der Waals surface area contributed by atoms with E-state index in [1.165, 1.54) is 12.1 Å². The van der Waals surface area contributed by atoms with Crippen molar-refractivity contribution in [2.75, 3.05) is 0 Å². The molecule has 0 unspecified atom stereocenters. The number of carbonyl (C=O) groups is 1. The summed E-state index contributed by atoms with van der Waals surface area (Å²) in [4.78, 5) is 13.3. The Morgan fingerprint density at radius 3 is 2.36 bits per heavy atom. The fourth-order valence-electron chi connectivity index (χ4n) is 3.20. The van der Waals surface area contributed by atoms with Crippen molar-refractivity contribution in [1.82, 2.24) is 3.97 Å². The van der Waals surface area contributed by atoms with Crippen LogP contribution in [-0.2, 0) is 10.0 Å². The van der Waals surface area contributed by atoms with Crippen molar-refractivity contribution >= 4 is 38.3 Å². The van der Waals surface area contributed by atoms with Crippen LogP contribution in [0.4, 0.5) is 0 Å². The van der Waals surface area contributed by atoms with Crippen LogP contribution in [0.3, 0.4) is 0 Å². The topological polar surface area (TPSA) is 56.1 Å². The average molecular weight is 410 g/mol. The summed E-state index contributed by atoms with van der Waals surface area (Å²) in [5.74, 6) is -0.365. The number of aryl methyl sites for hydroxylation is 1. The fourth-order valence-corrected chi connectivity index (χ4v) is 4.89. The maximum Gasteiger partial charge on any atom is 0.268 e. The lowest BCUT2D eigenvalue weighted by Gasteiger charge is -2.12. The van der Waals surface area contributed by atoms with Gasteiger partial charge < -0.3 is 0 Å². The second-order valence-corrected chi connectivity index (χ2v) is 8.74. The van der Waals surface area contributed by atoms with Gasteiger partial charge in [-0.15, -0.1) is 0 Å². The Balaban J connectivity index is 2.03. The Morgan fingerprint density at radius 2 is 1.64 bits per heavy atom. The predicted octanol–water partition coefficient (Wildman–Crippen LogP) is 5.07. The average Bonchev–Trinajstić information content (AvgIpc) is 3.07. The summed E-state index contributed by atoms with van der Waals surface area (Å²) in [6.07, 6.45) is 0. The molecule has 0 amide bonds. The van der Waals surface area contributed by atoms with Gasteiger partial charge in [-0.3, -0.25) is 4.79 Å². The summed E-state index contributed by atoms with van der Waals surface area (Å²) >= 11 is 6.12. The van der Waals surface area contributed by atoms with Crippen LogP contribution in [-0.4, -0.2) is 18.2 Å². The summed E-state index contributed by atoms with van der Waals surface area (Å²) in [5.41, 5.74) is 1.79. The van der Waals surface area contributed by atoms with Crippen molar-refractivity contribution in [3.63, 3.8) is 0 Å². The first-order valence-corrected chi connectivity index (χ1v) is 10.4. The molecule has 0 radical (unpaired) electrons. The number of hydrogen-bond acceptors (Lipinski definition) is 3. The molecule has 0 aliphatic heterocycles. The zero-order valence-electron chi connectivity index (χ0n) is 15.0. The minimum atomic E-state index is -4.00. The SMILES string of the molecule is Cc1cccc(C(=O)c2cc3ccc(Cl)cc3n2S(=O)(=O)c2ccccc2)c1. The number of hydrogen-bond donors (Lipinski definition) is 0. The lowest BCUT2D eigenvalue weighted by atomic mass is 10.1. The maximum absolute atomic E-state index is 13.4. The predicted molar refractivity (Wildman–Crippen MR) is 111 cm³/mol. The molecule has 1 aromatic heterocycles. The maximum atomic E-state index is 13.4. The standard InChI is InChI=1S/C22H16ClNO3S/c1-15-6-5-7-17(12-15)22(25)21-13-16-10-11-18(23)14-20(16)24(21)28(26,27)19-8-3-2-4-9-19/h2-14H,1H3. The fraction of sp³-hybridized carbons (Fsp3) is 0.0455. The van der Waals surface area contributed by atoms with Crippen LogP contribution in [0.1, 0.15) is 21.6 Å². The van der Waals surface area contributed by atoms with Crippen LogP contribution in [0.15, 0.2) is 83.8 Å². The molecule has 4 aromatic rings. The van der Waals surface area contributed by atoms with E-state index in [9.17, 15) is 13.2 Å². The van der Waals surface area contributed by atoms with Gasteiger partial charge in [0.05, 0.1) is 10.4 Å². The van der Waals surface area contributed by atoms with Gasteiger partial charge in [0.15, 0.2) is 0 Å². The smallest absolute Gasteiger partial charge is 0.268 e. The van der Waals surface area contributed by atoms with Crippen LogP contribution >= 0.6 is 11.6 Å². The molecule has 0 bridgehead atoms. The molecule has 140 valence electrons. The zero-order chi connectivity index (χ0) is 19.9. The van der Waals surface area contributed by atoms with Gasteiger partial charge in [0.25, 0.3) is 10.0 Å². The van der Waals surface area contributed by atoms with Gasteiger partial charge in [-0.1, -0.05) is 59.6 Å². The second-order valence-electron chi connectivity index (χ2n) is 6.51. The zero-order valence-corrected chi connectivity index (χ0v) is 16.5. The molecule has 0 N–H and O–H groups in total. The van der Waals surface area contributed by atoms with Crippen LogP contribution in [0.25, 0.3) is 10.9 Å². The Labute approximate surface area is 168 Å². The summed E-state index contributed by atoms with van der Waals surface area (Å²) in [5, 5.41) is 1.02.